The molecular weight excluding hydrogens is 248 g/mol. The summed E-state index contributed by atoms with van der Waals surface area (Å²) < 4.78 is 0. The van der Waals surface area contributed by atoms with Crippen LogP contribution >= 0.6 is 22.7 Å². The zero-order valence-electron chi connectivity index (χ0n) is 10.5. The van der Waals surface area contributed by atoms with Gasteiger partial charge in [0.1, 0.15) is 0 Å². The molecule has 0 radical (unpaired) electrons. The first-order chi connectivity index (χ1) is 8.15. The third-order valence-corrected chi connectivity index (χ3v) is 4.85. The van der Waals surface area contributed by atoms with Crippen LogP contribution in [0.15, 0.2) is 17.5 Å². The van der Waals surface area contributed by atoms with Crippen LogP contribution in [0.5, 0.6) is 0 Å². The van der Waals surface area contributed by atoms with E-state index in [9.17, 15) is 0 Å². The fraction of sp³-hybridized carbons (Fsp3) is 0.462. The molecule has 2 aromatic heterocycles. The summed E-state index contributed by atoms with van der Waals surface area (Å²) in [6.07, 6.45) is 1.02. The van der Waals surface area contributed by atoms with Gasteiger partial charge in [0.15, 0.2) is 0 Å². The summed E-state index contributed by atoms with van der Waals surface area (Å²) in [4.78, 5) is 7.26. The van der Waals surface area contributed by atoms with Crippen LogP contribution in [0.2, 0.25) is 0 Å². The van der Waals surface area contributed by atoms with Crippen LogP contribution in [0.3, 0.4) is 0 Å². The molecule has 0 bridgehead atoms. The van der Waals surface area contributed by atoms with Crippen LogP contribution in [-0.2, 0) is 6.42 Å². The topological polar surface area (TPSA) is 24.9 Å². The number of aromatic nitrogens is 1. The van der Waals surface area contributed by atoms with Gasteiger partial charge >= 0.3 is 0 Å². The molecule has 0 saturated heterocycles. The highest BCUT2D eigenvalue weighted by Crippen LogP contribution is 2.22. The summed E-state index contributed by atoms with van der Waals surface area (Å²) in [6.45, 7) is 7.41. The Labute approximate surface area is 111 Å². The molecule has 0 fully saturated rings. The Morgan fingerprint density at radius 1 is 1.35 bits per heavy atom. The van der Waals surface area contributed by atoms with Crippen LogP contribution < -0.4 is 5.32 Å². The Hall–Kier alpha value is -0.710. The van der Waals surface area contributed by atoms with Crippen molar-refractivity contribution in [2.24, 2.45) is 0 Å². The Balaban J connectivity index is 1.78. The lowest BCUT2D eigenvalue weighted by Gasteiger charge is -2.10. The van der Waals surface area contributed by atoms with Crippen LogP contribution in [-0.4, -0.2) is 11.5 Å². The van der Waals surface area contributed by atoms with E-state index < -0.39 is 0 Å². The number of hydrogen-bond donors (Lipinski definition) is 1. The van der Waals surface area contributed by atoms with E-state index in [-0.39, 0.29) is 0 Å². The first kappa shape index (κ1) is 12.7. The zero-order valence-corrected chi connectivity index (χ0v) is 12.1. The van der Waals surface area contributed by atoms with Gasteiger partial charge in [-0.15, -0.1) is 22.7 Å². The molecule has 4 heteroatoms. The lowest BCUT2D eigenvalue weighted by Crippen LogP contribution is -2.20. The normalized spacial score (nSPS) is 12.9. The van der Waals surface area contributed by atoms with E-state index in [1.54, 1.807) is 11.3 Å². The van der Waals surface area contributed by atoms with E-state index in [4.69, 9.17) is 0 Å². The van der Waals surface area contributed by atoms with Gasteiger partial charge in [-0.3, -0.25) is 0 Å². The fourth-order valence-electron chi connectivity index (χ4n) is 1.70. The van der Waals surface area contributed by atoms with E-state index in [0.717, 1.165) is 18.7 Å². The Morgan fingerprint density at radius 2 is 2.18 bits per heavy atom. The molecular formula is C13H18N2S2. The third-order valence-electron chi connectivity index (χ3n) is 2.64. The second-order valence-corrected chi connectivity index (χ2v) is 6.52. The molecule has 17 heavy (non-hydrogen) atoms. The molecule has 2 aromatic rings. The molecule has 1 unspecified atom stereocenters. The van der Waals surface area contributed by atoms with Crippen molar-refractivity contribution in [1.82, 2.24) is 10.3 Å². The molecule has 0 aliphatic heterocycles. The molecule has 0 spiro atoms. The van der Waals surface area contributed by atoms with Gasteiger partial charge in [0.25, 0.3) is 0 Å². The summed E-state index contributed by atoms with van der Waals surface area (Å²) in [6, 6.07) is 4.84. The monoisotopic (exact) mass is 266 g/mol. The minimum Gasteiger partial charge on any atom is -0.309 e. The SMILES string of the molecule is Cc1csc(CCNC(C)c2ccc(C)s2)n1. The van der Waals surface area contributed by atoms with Gasteiger partial charge in [0.05, 0.1) is 5.01 Å². The van der Waals surface area contributed by atoms with Crippen molar-refractivity contribution in [3.8, 4) is 0 Å². The summed E-state index contributed by atoms with van der Waals surface area (Å²) in [5.41, 5.74) is 1.13. The minimum atomic E-state index is 0.440. The highest BCUT2D eigenvalue weighted by molar-refractivity contribution is 7.12. The number of rotatable bonds is 5. The van der Waals surface area contributed by atoms with E-state index in [1.165, 1.54) is 14.8 Å². The number of nitrogens with one attached hydrogen (secondary N) is 1. The van der Waals surface area contributed by atoms with E-state index in [0.29, 0.717) is 6.04 Å². The van der Waals surface area contributed by atoms with Crippen molar-refractivity contribution in [2.75, 3.05) is 6.54 Å². The van der Waals surface area contributed by atoms with Gasteiger partial charge < -0.3 is 5.32 Å². The Morgan fingerprint density at radius 3 is 2.76 bits per heavy atom. The first-order valence-corrected chi connectivity index (χ1v) is 7.55. The molecule has 2 heterocycles. The zero-order chi connectivity index (χ0) is 12.3. The summed E-state index contributed by atoms with van der Waals surface area (Å²) >= 11 is 3.62. The summed E-state index contributed by atoms with van der Waals surface area (Å²) in [5.74, 6) is 0. The maximum atomic E-state index is 4.47. The van der Waals surface area contributed by atoms with Crippen LogP contribution in [0.4, 0.5) is 0 Å². The van der Waals surface area contributed by atoms with Gasteiger partial charge in [-0.05, 0) is 32.9 Å². The number of thiazole rings is 1. The highest BCUT2D eigenvalue weighted by atomic mass is 32.1. The molecule has 2 rings (SSSR count). The van der Waals surface area contributed by atoms with Gasteiger partial charge in [0, 0.05) is 39.8 Å². The number of hydrogen-bond acceptors (Lipinski definition) is 4. The van der Waals surface area contributed by atoms with E-state index in [2.05, 4.69) is 41.7 Å². The lowest BCUT2D eigenvalue weighted by atomic mass is 10.2. The highest BCUT2D eigenvalue weighted by Gasteiger charge is 2.07. The second-order valence-electron chi connectivity index (χ2n) is 4.26. The minimum absolute atomic E-state index is 0.440. The van der Waals surface area contributed by atoms with Crippen molar-refractivity contribution < 1.29 is 0 Å². The van der Waals surface area contributed by atoms with Crippen LogP contribution in [0.1, 0.15) is 33.4 Å². The van der Waals surface area contributed by atoms with Crippen molar-refractivity contribution in [3.63, 3.8) is 0 Å². The number of thiophene rings is 1. The van der Waals surface area contributed by atoms with Gasteiger partial charge in [-0.2, -0.15) is 0 Å². The fourth-order valence-corrected chi connectivity index (χ4v) is 3.38. The van der Waals surface area contributed by atoms with Crippen LogP contribution in [0.25, 0.3) is 0 Å². The van der Waals surface area contributed by atoms with Gasteiger partial charge in [-0.1, -0.05) is 0 Å². The summed E-state index contributed by atoms with van der Waals surface area (Å²) in [7, 11) is 0. The Bertz CT molecular complexity index is 473. The molecule has 0 amide bonds. The average Bonchev–Trinajstić information content (AvgIpc) is 2.88. The molecule has 1 atom stereocenters. The molecule has 0 aromatic carbocycles. The standard InChI is InChI=1S/C13H18N2S2/c1-9-8-16-13(15-9)6-7-14-11(3)12-5-4-10(2)17-12/h4-5,8,11,14H,6-7H2,1-3H3. The molecule has 1 N–H and O–H groups in total. The molecule has 92 valence electrons. The predicted molar refractivity (Wildman–Crippen MR) is 76.0 cm³/mol. The quantitative estimate of drug-likeness (QED) is 0.892. The smallest absolute Gasteiger partial charge is 0.0940 e. The summed E-state index contributed by atoms with van der Waals surface area (Å²) in [5, 5.41) is 6.89. The predicted octanol–water partition coefficient (Wildman–Crippen LogP) is 3.71. The van der Waals surface area contributed by atoms with Crippen molar-refractivity contribution >= 4 is 22.7 Å². The first-order valence-electron chi connectivity index (χ1n) is 5.86. The molecule has 0 saturated carbocycles. The molecule has 0 aliphatic carbocycles. The van der Waals surface area contributed by atoms with Crippen molar-refractivity contribution in [1.29, 1.82) is 0 Å². The van der Waals surface area contributed by atoms with Gasteiger partial charge in [-0.25, -0.2) is 4.98 Å². The van der Waals surface area contributed by atoms with Gasteiger partial charge in [0.2, 0.25) is 0 Å². The molecule has 0 aliphatic rings. The van der Waals surface area contributed by atoms with Crippen molar-refractivity contribution in [2.45, 2.75) is 33.2 Å². The molecule has 2 nitrogen and oxygen atoms in total. The van der Waals surface area contributed by atoms with E-state index >= 15 is 0 Å². The maximum absolute atomic E-state index is 4.47. The third kappa shape index (κ3) is 3.63. The average molecular weight is 266 g/mol. The maximum Gasteiger partial charge on any atom is 0.0940 e. The van der Waals surface area contributed by atoms with E-state index in [1.807, 2.05) is 18.3 Å². The lowest BCUT2D eigenvalue weighted by molar-refractivity contribution is 0.584. The largest absolute Gasteiger partial charge is 0.309 e. The van der Waals surface area contributed by atoms with Crippen molar-refractivity contribution in [3.05, 3.63) is 38.0 Å². The number of nitrogens with zero attached hydrogens (tertiary/aromatic N) is 1. The Kier molecular flexibility index (Phi) is 4.31. The number of aryl methyl sites for hydroxylation is 2. The van der Waals surface area contributed by atoms with Crippen LogP contribution in [0, 0.1) is 13.8 Å². The second kappa shape index (κ2) is 5.76.